The maximum Gasteiger partial charge on any atom is 0.210 e. The third-order valence-electron chi connectivity index (χ3n) is 2.04. The summed E-state index contributed by atoms with van der Waals surface area (Å²) in [4.78, 5) is 18.7. The lowest BCUT2D eigenvalue weighted by Crippen LogP contribution is -2.07. The lowest BCUT2D eigenvalue weighted by atomic mass is 10.2. The number of aromatic amines is 1. The zero-order valence-corrected chi connectivity index (χ0v) is 7.59. The molecule has 0 aliphatic carbocycles. The van der Waals surface area contributed by atoms with Gasteiger partial charge in [-0.1, -0.05) is 0 Å². The summed E-state index contributed by atoms with van der Waals surface area (Å²) in [5.41, 5.74) is 3.07. The summed E-state index contributed by atoms with van der Waals surface area (Å²) in [7, 11) is 0. The number of aryl methyl sites for hydroxylation is 2. The van der Waals surface area contributed by atoms with Crippen molar-refractivity contribution in [3.8, 4) is 0 Å². The lowest BCUT2D eigenvalue weighted by molar-refractivity contribution is 1.23. The second-order valence-corrected chi connectivity index (χ2v) is 3.21. The van der Waals surface area contributed by atoms with E-state index in [-0.39, 0.29) is 5.43 Å². The van der Waals surface area contributed by atoms with Crippen molar-refractivity contribution in [2.24, 2.45) is 0 Å². The van der Waals surface area contributed by atoms with Crippen LogP contribution in [0.5, 0.6) is 0 Å². The van der Waals surface area contributed by atoms with Gasteiger partial charge in [-0.25, -0.2) is 0 Å². The average molecular weight is 174 g/mol. The van der Waals surface area contributed by atoms with Crippen LogP contribution in [0, 0.1) is 13.8 Å². The molecular weight excluding hydrogens is 164 g/mol. The Morgan fingerprint density at radius 3 is 2.92 bits per heavy atom. The molecule has 0 atom stereocenters. The monoisotopic (exact) mass is 174 g/mol. The number of nitrogens with zero attached hydrogens (tertiary/aromatic N) is 1. The van der Waals surface area contributed by atoms with Gasteiger partial charge in [0.25, 0.3) is 0 Å². The molecule has 0 fully saturated rings. The smallest absolute Gasteiger partial charge is 0.210 e. The Hall–Kier alpha value is -1.64. The molecule has 0 aromatic carbocycles. The van der Waals surface area contributed by atoms with E-state index in [1.165, 1.54) is 0 Å². The summed E-state index contributed by atoms with van der Waals surface area (Å²) in [5, 5.41) is 0. The molecule has 0 radical (unpaired) electrons. The van der Waals surface area contributed by atoms with Gasteiger partial charge >= 0.3 is 0 Å². The fourth-order valence-electron chi connectivity index (χ4n) is 1.30. The zero-order chi connectivity index (χ0) is 9.42. The van der Waals surface area contributed by atoms with Crippen molar-refractivity contribution in [1.29, 1.82) is 0 Å². The van der Waals surface area contributed by atoms with Crippen LogP contribution in [0.4, 0.5) is 0 Å². The summed E-state index contributed by atoms with van der Waals surface area (Å²) in [6.45, 7) is 3.73. The van der Waals surface area contributed by atoms with Crippen molar-refractivity contribution in [3.05, 3.63) is 39.8 Å². The maximum atomic E-state index is 11.6. The predicted octanol–water partition coefficient (Wildman–Crippen LogP) is 1.54. The third kappa shape index (κ3) is 1.22. The standard InChI is InChI=1S/C10H10N2O/c1-6-3-8-9(12-4-6)10(13)7(2)5-11-8/h3-5H,1-2H3,(H,11,13). The molecule has 2 heterocycles. The molecule has 2 rings (SSSR count). The number of H-pyrrole nitrogens is 1. The maximum absolute atomic E-state index is 11.6. The highest BCUT2D eigenvalue weighted by atomic mass is 16.1. The fourth-order valence-corrected chi connectivity index (χ4v) is 1.30. The number of hydrogen-bond donors (Lipinski definition) is 1. The summed E-state index contributed by atoms with van der Waals surface area (Å²) >= 11 is 0. The van der Waals surface area contributed by atoms with Crippen LogP contribution >= 0.6 is 0 Å². The Morgan fingerprint density at radius 2 is 2.15 bits per heavy atom. The Morgan fingerprint density at radius 1 is 1.38 bits per heavy atom. The Bertz CT molecular complexity index is 514. The van der Waals surface area contributed by atoms with Crippen molar-refractivity contribution >= 4 is 11.0 Å². The molecule has 66 valence electrons. The SMILES string of the molecule is Cc1cnc2c(=O)c(C)c[nH]c2c1. The van der Waals surface area contributed by atoms with E-state index >= 15 is 0 Å². The first-order valence-electron chi connectivity index (χ1n) is 4.13. The van der Waals surface area contributed by atoms with Crippen LogP contribution in [0.1, 0.15) is 11.1 Å². The van der Waals surface area contributed by atoms with E-state index in [4.69, 9.17) is 0 Å². The summed E-state index contributed by atoms with van der Waals surface area (Å²) in [5.74, 6) is 0. The molecule has 1 N–H and O–H groups in total. The molecule has 0 bridgehead atoms. The van der Waals surface area contributed by atoms with Gasteiger partial charge in [0.1, 0.15) is 5.52 Å². The van der Waals surface area contributed by atoms with E-state index in [1.807, 2.05) is 13.0 Å². The minimum absolute atomic E-state index is 0.00810. The number of rotatable bonds is 0. The van der Waals surface area contributed by atoms with Crippen LogP contribution in [0.3, 0.4) is 0 Å². The van der Waals surface area contributed by atoms with E-state index < -0.39 is 0 Å². The summed E-state index contributed by atoms with van der Waals surface area (Å²) < 4.78 is 0. The lowest BCUT2D eigenvalue weighted by Gasteiger charge is -1.98. The van der Waals surface area contributed by atoms with Gasteiger partial charge in [-0.15, -0.1) is 0 Å². The van der Waals surface area contributed by atoms with Gasteiger partial charge in [0, 0.05) is 18.0 Å². The number of fused-ring (bicyclic) bond motifs is 1. The molecule has 2 aromatic rings. The molecule has 2 aromatic heterocycles. The van der Waals surface area contributed by atoms with E-state index in [0.29, 0.717) is 11.1 Å². The van der Waals surface area contributed by atoms with E-state index in [9.17, 15) is 4.79 Å². The summed E-state index contributed by atoms with van der Waals surface area (Å²) in [6.07, 6.45) is 3.42. The van der Waals surface area contributed by atoms with Gasteiger partial charge in [0.15, 0.2) is 0 Å². The minimum atomic E-state index is 0.00810. The van der Waals surface area contributed by atoms with E-state index in [0.717, 1.165) is 11.1 Å². The highest BCUT2D eigenvalue weighted by Gasteiger charge is 2.01. The molecular formula is C10H10N2O. The van der Waals surface area contributed by atoms with Crippen molar-refractivity contribution in [2.45, 2.75) is 13.8 Å². The fraction of sp³-hybridized carbons (Fsp3) is 0.200. The molecule has 0 saturated carbocycles. The first-order chi connectivity index (χ1) is 6.18. The van der Waals surface area contributed by atoms with Crippen molar-refractivity contribution < 1.29 is 0 Å². The number of nitrogens with one attached hydrogen (secondary N) is 1. The molecule has 0 unspecified atom stereocenters. The topological polar surface area (TPSA) is 45.8 Å². The largest absolute Gasteiger partial charge is 0.359 e. The third-order valence-corrected chi connectivity index (χ3v) is 2.04. The van der Waals surface area contributed by atoms with Crippen LogP contribution in [0.15, 0.2) is 23.3 Å². The molecule has 0 aliphatic heterocycles. The van der Waals surface area contributed by atoms with Gasteiger partial charge in [0.05, 0.1) is 5.52 Å². The molecule has 13 heavy (non-hydrogen) atoms. The minimum Gasteiger partial charge on any atom is -0.359 e. The molecule has 0 saturated heterocycles. The highest BCUT2D eigenvalue weighted by Crippen LogP contribution is 2.06. The first-order valence-corrected chi connectivity index (χ1v) is 4.13. The molecule has 0 spiro atoms. The first kappa shape index (κ1) is 7.98. The molecule has 3 nitrogen and oxygen atoms in total. The van der Waals surface area contributed by atoms with Crippen LogP contribution in [-0.2, 0) is 0 Å². The second kappa shape index (κ2) is 2.69. The van der Waals surface area contributed by atoms with Gasteiger partial charge in [-0.3, -0.25) is 9.78 Å². The molecule has 0 amide bonds. The Labute approximate surface area is 75.4 Å². The van der Waals surface area contributed by atoms with Crippen molar-refractivity contribution in [2.75, 3.05) is 0 Å². The Kier molecular flexibility index (Phi) is 1.65. The van der Waals surface area contributed by atoms with Crippen LogP contribution in [0.2, 0.25) is 0 Å². The Balaban J connectivity index is 2.95. The number of aromatic nitrogens is 2. The van der Waals surface area contributed by atoms with Crippen molar-refractivity contribution in [3.63, 3.8) is 0 Å². The van der Waals surface area contributed by atoms with Crippen LogP contribution in [-0.4, -0.2) is 9.97 Å². The van der Waals surface area contributed by atoms with E-state index in [1.54, 1.807) is 19.3 Å². The number of pyridine rings is 2. The molecule has 0 aliphatic rings. The number of hydrogen-bond acceptors (Lipinski definition) is 2. The quantitative estimate of drug-likeness (QED) is 0.658. The van der Waals surface area contributed by atoms with Gasteiger partial charge < -0.3 is 4.98 Å². The highest BCUT2D eigenvalue weighted by molar-refractivity contribution is 5.74. The van der Waals surface area contributed by atoms with Crippen LogP contribution in [0.25, 0.3) is 11.0 Å². The second-order valence-electron chi connectivity index (χ2n) is 3.21. The van der Waals surface area contributed by atoms with Gasteiger partial charge in [-0.2, -0.15) is 0 Å². The zero-order valence-electron chi connectivity index (χ0n) is 7.59. The molecule has 3 heteroatoms. The predicted molar refractivity (Wildman–Crippen MR) is 51.8 cm³/mol. The van der Waals surface area contributed by atoms with Crippen LogP contribution < -0.4 is 5.43 Å². The normalized spacial score (nSPS) is 10.6. The van der Waals surface area contributed by atoms with Gasteiger partial charge in [0.2, 0.25) is 5.43 Å². The summed E-state index contributed by atoms with van der Waals surface area (Å²) in [6, 6.07) is 1.92. The van der Waals surface area contributed by atoms with Gasteiger partial charge in [-0.05, 0) is 25.5 Å². The van der Waals surface area contributed by atoms with E-state index in [2.05, 4.69) is 9.97 Å². The average Bonchev–Trinajstić information content (AvgIpc) is 2.12. The van der Waals surface area contributed by atoms with Crippen molar-refractivity contribution in [1.82, 2.24) is 9.97 Å².